The molecule has 0 aliphatic carbocycles. The molecule has 0 saturated heterocycles. The van der Waals surface area contributed by atoms with Crippen molar-refractivity contribution in [2.24, 2.45) is 11.1 Å². The minimum atomic E-state index is -3.31. The molecule has 0 bridgehead atoms. The Hall–Kier alpha value is -2.18. The largest absolute Gasteiger partial charge is 0.329 e. The van der Waals surface area contributed by atoms with Crippen LogP contribution in [0.25, 0.3) is 0 Å². The maximum Gasteiger partial charge on any atom is 0.231 e. The monoisotopic (exact) mass is 388 g/mol. The molecule has 0 atom stereocenters. The van der Waals surface area contributed by atoms with Gasteiger partial charge in [0.15, 0.2) is 9.84 Å². The van der Waals surface area contributed by atoms with Crippen LogP contribution < -0.4 is 11.1 Å². The molecule has 6 heteroatoms. The van der Waals surface area contributed by atoms with Gasteiger partial charge >= 0.3 is 0 Å². The minimum Gasteiger partial charge on any atom is -0.329 e. The summed E-state index contributed by atoms with van der Waals surface area (Å²) in [5.74, 6) is -0.207. The quantitative estimate of drug-likeness (QED) is 0.688. The maximum atomic E-state index is 12.7. The predicted molar refractivity (Wildman–Crippen MR) is 110 cm³/mol. The molecule has 3 N–H and O–H groups in total. The Morgan fingerprint density at radius 2 is 1.56 bits per heavy atom. The van der Waals surface area contributed by atoms with Crippen molar-refractivity contribution in [1.29, 1.82) is 0 Å². The number of amides is 1. The summed E-state index contributed by atoms with van der Waals surface area (Å²) in [5.41, 5.74) is 7.23. The average Bonchev–Trinajstić information content (AvgIpc) is 2.64. The van der Waals surface area contributed by atoms with Crippen LogP contribution in [-0.2, 0) is 26.1 Å². The number of rotatable bonds is 9. The third-order valence-corrected chi connectivity index (χ3v) is 6.57. The van der Waals surface area contributed by atoms with E-state index in [0.29, 0.717) is 24.1 Å². The molecule has 0 spiro atoms. The molecule has 1 amide bonds. The van der Waals surface area contributed by atoms with E-state index in [-0.39, 0.29) is 24.0 Å². The van der Waals surface area contributed by atoms with Crippen LogP contribution in [0, 0.1) is 5.41 Å². The summed E-state index contributed by atoms with van der Waals surface area (Å²) >= 11 is 0. The highest BCUT2D eigenvalue weighted by Gasteiger charge is 2.33. The van der Waals surface area contributed by atoms with Crippen molar-refractivity contribution in [2.45, 2.75) is 38.2 Å². The Bertz CT molecular complexity index is 852. The Kier molecular flexibility index (Phi) is 7.16. The van der Waals surface area contributed by atoms with Gasteiger partial charge in [-0.15, -0.1) is 0 Å². The van der Waals surface area contributed by atoms with E-state index in [1.807, 2.05) is 32.0 Å². The molecule has 0 heterocycles. The molecule has 0 unspecified atom stereocenters. The number of nitrogens with one attached hydrogen (secondary N) is 1. The lowest BCUT2D eigenvalue weighted by molar-refractivity contribution is -0.125. The van der Waals surface area contributed by atoms with E-state index in [0.717, 1.165) is 5.56 Å². The maximum absolute atomic E-state index is 12.7. The Labute approximate surface area is 161 Å². The lowest BCUT2D eigenvalue weighted by Crippen LogP contribution is -2.41. The zero-order valence-electron chi connectivity index (χ0n) is 15.9. The standard InChI is InChI=1S/C21H28N2O3S/c1-3-21(4-2,16-22)20(24)23-19-12-8-11-18(13-19)15-27(25,26)14-17-9-6-5-7-10-17/h5-13H,3-4,14-16,22H2,1-2H3,(H,23,24). The number of hydrogen-bond donors (Lipinski definition) is 2. The number of carbonyl (C=O) groups excluding carboxylic acids is 1. The summed E-state index contributed by atoms with van der Waals surface area (Å²) in [6.45, 7) is 4.17. The lowest BCUT2D eigenvalue weighted by atomic mass is 9.81. The van der Waals surface area contributed by atoms with Gasteiger partial charge in [0.2, 0.25) is 5.91 Å². The summed E-state index contributed by atoms with van der Waals surface area (Å²) in [5, 5.41) is 2.90. The first kappa shape index (κ1) is 21.1. The molecule has 27 heavy (non-hydrogen) atoms. The second kappa shape index (κ2) is 9.15. The van der Waals surface area contributed by atoms with Crippen molar-refractivity contribution in [2.75, 3.05) is 11.9 Å². The Morgan fingerprint density at radius 3 is 2.15 bits per heavy atom. The van der Waals surface area contributed by atoms with Crippen LogP contribution in [0.4, 0.5) is 5.69 Å². The van der Waals surface area contributed by atoms with Crippen molar-refractivity contribution in [3.63, 3.8) is 0 Å². The summed E-state index contributed by atoms with van der Waals surface area (Å²) in [6, 6.07) is 16.1. The highest BCUT2D eigenvalue weighted by molar-refractivity contribution is 7.89. The fraction of sp³-hybridized carbons (Fsp3) is 0.381. The zero-order valence-corrected chi connectivity index (χ0v) is 16.8. The highest BCUT2D eigenvalue weighted by Crippen LogP contribution is 2.27. The van der Waals surface area contributed by atoms with E-state index in [1.54, 1.807) is 36.4 Å². The Balaban J connectivity index is 2.12. The van der Waals surface area contributed by atoms with Gasteiger partial charge in [0.1, 0.15) is 0 Å². The van der Waals surface area contributed by atoms with E-state index in [9.17, 15) is 13.2 Å². The van der Waals surface area contributed by atoms with E-state index in [1.165, 1.54) is 0 Å². The van der Waals surface area contributed by atoms with E-state index in [2.05, 4.69) is 5.32 Å². The van der Waals surface area contributed by atoms with E-state index in [4.69, 9.17) is 5.73 Å². The third-order valence-electron chi connectivity index (χ3n) is 5.03. The topological polar surface area (TPSA) is 89.3 Å². The van der Waals surface area contributed by atoms with Crippen molar-refractivity contribution in [3.05, 3.63) is 65.7 Å². The van der Waals surface area contributed by atoms with Crippen LogP contribution in [0.2, 0.25) is 0 Å². The number of benzene rings is 2. The molecule has 0 radical (unpaired) electrons. The van der Waals surface area contributed by atoms with Gasteiger partial charge in [0.25, 0.3) is 0 Å². The molecule has 2 aromatic rings. The number of sulfone groups is 1. The second-order valence-electron chi connectivity index (χ2n) is 6.86. The number of nitrogens with two attached hydrogens (primary N) is 1. The number of anilines is 1. The van der Waals surface area contributed by atoms with Crippen LogP contribution in [0.5, 0.6) is 0 Å². The van der Waals surface area contributed by atoms with Gasteiger partial charge in [0, 0.05) is 12.2 Å². The summed E-state index contributed by atoms with van der Waals surface area (Å²) in [6.07, 6.45) is 1.30. The first-order chi connectivity index (χ1) is 12.8. The van der Waals surface area contributed by atoms with Gasteiger partial charge in [-0.2, -0.15) is 0 Å². The summed E-state index contributed by atoms with van der Waals surface area (Å²) < 4.78 is 25.0. The average molecular weight is 389 g/mol. The van der Waals surface area contributed by atoms with Crippen molar-refractivity contribution in [3.8, 4) is 0 Å². The molecular formula is C21H28N2O3S. The molecule has 0 aliphatic heterocycles. The lowest BCUT2D eigenvalue weighted by Gasteiger charge is -2.28. The van der Waals surface area contributed by atoms with Gasteiger partial charge in [-0.1, -0.05) is 56.3 Å². The van der Waals surface area contributed by atoms with E-state index < -0.39 is 15.3 Å². The molecule has 0 aromatic heterocycles. The predicted octanol–water partition coefficient (Wildman–Crippen LogP) is 3.51. The molecule has 146 valence electrons. The molecule has 2 aromatic carbocycles. The molecular weight excluding hydrogens is 360 g/mol. The van der Waals surface area contributed by atoms with Gasteiger partial charge < -0.3 is 11.1 Å². The zero-order chi connectivity index (χ0) is 19.9. The summed E-state index contributed by atoms with van der Waals surface area (Å²) in [7, 11) is -3.31. The SMILES string of the molecule is CCC(CC)(CN)C(=O)Nc1cccc(CS(=O)(=O)Cc2ccccc2)c1. The first-order valence-corrected chi connectivity index (χ1v) is 11.0. The molecule has 0 fully saturated rings. The molecule has 5 nitrogen and oxygen atoms in total. The van der Waals surface area contributed by atoms with Crippen LogP contribution in [0.15, 0.2) is 54.6 Å². The van der Waals surface area contributed by atoms with Gasteiger partial charge in [-0.25, -0.2) is 8.42 Å². The number of carbonyl (C=O) groups is 1. The second-order valence-corrected chi connectivity index (χ2v) is 8.93. The summed E-state index contributed by atoms with van der Waals surface area (Å²) in [4.78, 5) is 12.7. The highest BCUT2D eigenvalue weighted by atomic mass is 32.2. The first-order valence-electron chi connectivity index (χ1n) is 9.19. The molecule has 0 saturated carbocycles. The fourth-order valence-corrected chi connectivity index (χ4v) is 4.58. The van der Waals surface area contributed by atoms with Gasteiger partial charge in [-0.3, -0.25) is 4.79 Å². The fourth-order valence-electron chi connectivity index (χ4n) is 3.09. The van der Waals surface area contributed by atoms with Crippen molar-refractivity contribution >= 4 is 21.4 Å². The Morgan fingerprint density at radius 1 is 0.963 bits per heavy atom. The molecule has 0 aliphatic rings. The van der Waals surface area contributed by atoms with E-state index >= 15 is 0 Å². The number of hydrogen-bond acceptors (Lipinski definition) is 4. The van der Waals surface area contributed by atoms with Crippen LogP contribution in [0.1, 0.15) is 37.8 Å². The van der Waals surface area contributed by atoms with Crippen molar-refractivity contribution in [1.82, 2.24) is 0 Å². The van der Waals surface area contributed by atoms with Gasteiger partial charge in [0.05, 0.1) is 16.9 Å². The third kappa shape index (κ3) is 5.65. The van der Waals surface area contributed by atoms with Crippen LogP contribution in [-0.4, -0.2) is 20.9 Å². The molecule has 2 rings (SSSR count). The minimum absolute atomic E-state index is 0.00756. The smallest absolute Gasteiger partial charge is 0.231 e. The van der Waals surface area contributed by atoms with Crippen LogP contribution in [0.3, 0.4) is 0 Å². The van der Waals surface area contributed by atoms with Crippen LogP contribution >= 0.6 is 0 Å². The normalized spacial score (nSPS) is 12.0. The van der Waals surface area contributed by atoms with Gasteiger partial charge in [-0.05, 0) is 36.1 Å². The van der Waals surface area contributed by atoms with Crippen molar-refractivity contribution < 1.29 is 13.2 Å².